The predicted octanol–water partition coefficient (Wildman–Crippen LogP) is 4.07. The van der Waals surface area contributed by atoms with Crippen LogP contribution in [0.3, 0.4) is 0 Å². The summed E-state index contributed by atoms with van der Waals surface area (Å²) in [6.07, 6.45) is 0.443. The number of hydrogen-bond acceptors (Lipinski definition) is 5. The number of aryl methyl sites for hydroxylation is 1. The summed E-state index contributed by atoms with van der Waals surface area (Å²) in [6.45, 7) is 1.76. The number of methoxy groups -OCH3 is 1. The number of nitrogens with zero attached hydrogens (tertiary/aromatic N) is 2. The molecule has 4 rings (SSSR count). The highest BCUT2D eigenvalue weighted by Crippen LogP contribution is 2.35. The van der Waals surface area contributed by atoms with Gasteiger partial charge in [0.15, 0.2) is 0 Å². The third kappa shape index (κ3) is 5.20. The Kier molecular flexibility index (Phi) is 6.69. The molecule has 7 heteroatoms. The van der Waals surface area contributed by atoms with Crippen molar-refractivity contribution in [2.45, 2.75) is 19.4 Å². The minimum absolute atomic E-state index is 0.0975. The fourth-order valence-corrected chi connectivity index (χ4v) is 3.78. The van der Waals surface area contributed by atoms with Crippen molar-refractivity contribution in [1.29, 1.82) is 0 Å². The number of hydrogen-bond donors (Lipinski definition) is 2. The number of rotatable bonds is 7. The monoisotopic (exact) mass is 442 g/mol. The van der Waals surface area contributed by atoms with E-state index >= 15 is 0 Å². The van der Waals surface area contributed by atoms with E-state index in [1.54, 1.807) is 13.2 Å². The lowest BCUT2D eigenvalue weighted by Gasteiger charge is -2.23. The Morgan fingerprint density at radius 2 is 1.73 bits per heavy atom. The van der Waals surface area contributed by atoms with Crippen LogP contribution in [0, 0.1) is 6.92 Å². The molecule has 0 aliphatic carbocycles. The number of benzene rings is 3. The number of hydrazone groups is 1. The van der Waals surface area contributed by atoms with Crippen molar-refractivity contribution in [1.82, 2.24) is 5.32 Å². The number of amides is 2. The van der Waals surface area contributed by atoms with Crippen LogP contribution in [0.2, 0.25) is 0 Å². The molecule has 1 aliphatic heterocycles. The van der Waals surface area contributed by atoms with Gasteiger partial charge in [-0.25, -0.2) is 0 Å². The fourth-order valence-electron chi connectivity index (χ4n) is 3.78. The summed E-state index contributed by atoms with van der Waals surface area (Å²) in [6, 6.07) is 25.1. The molecular formula is C26H26N4O3. The molecule has 1 atom stereocenters. The Morgan fingerprint density at radius 3 is 2.42 bits per heavy atom. The van der Waals surface area contributed by atoms with Crippen molar-refractivity contribution in [3.05, 3.63) is 90.0 Å². The number of carbonyl (C=O) groups excluding carboxylic acids is 2. The van der Waals surface area contributed by atoms with Gasteiger partial charge < -0.3 is 15.4 Å². The lowest BCUT2D eigenvalue weighted by molar-refractivity contribution is -0.120. The molecule has 2 N–H and O–H groups in total. The Balaban J connectivity index is 1.44. The van der Waals surface area contributed by atoms with Crippen molar-refractivity contribution < 1.29 is 14.3 Å². The van der Waals surface area contributed by atoms with Crippen LogP contribution in [0.15, 0.2) is 84.0 Å². The number of para-hydroxylation sites is 1. The van der Waals surface area contributed by atoms with Crippen molar-refractivity contribution >= 4 is 28.9 Å². The van der Waals surface area contributed by atoms with Gasteiger partial charge in [-0.15, -0.1) is 0 Å². The number of nitrogens with one attached hydrogen (secondary N) is 2. The van der Waals surface area contributed by atoms with Crippen LogP contribution >= 0.6 is 0 Å². The minimum Gasteiger partial charge on any atom is -0.495 e. The van der Waals surface area contributed by atoms with E-state index in [2.05, 4.69) is 15.7 Å². The first-order valence-corrected chi connectivity index (χ1v) is 10.7. The maximum absolute atomic E-state index is 12.9. The summed E-state index contributed by atoms with van der Waals surface area (Å²) < 4.78 is 5.29. The van der Waals surface area contributed by atoms with Gasteiger partial charge in [0, 0.05) is 6.42 Å². The van der Waals surface area contributed by atoms with Crippen LogP contribution in [-0.2, 0) is 9.59 Å². The van der Waals surface area contributed by atoms with Crippen molar-refractivity contribution in [3.63, 3.8) is 0 Å². The Bertz CT molecular complexity index is 1160. The molecular weight excluding hydrogens is 416 g/mol. The topological polar surface area (TPSA) is 83.0 Å². The van der Waals surface area contributed by atoms with Crippen LogP contribution < -0.4 is 20.4 Å². The maximum atomic E-state index is 12.9. The summed E-state index contributed by atoms with van der Waals surface area (Å²) in [7, 11) is 1.54. The minimum atomic E-state index is -0.360. The van der Waals surface area contributed by atoms with Crippen molar-refractivity contribution in [2.24, 2.45) is 5.10 Å². The molecule has 3 aromatic rings. The second-order valence-corrected chi connectivity index (χ2v) is 7.79. The highest BCUT2D eigenvalue weighted by molar-refractivity contribution is 6.40. The van der Waals surface area contributed by atoms with E-state index in [1.165, 1.54) is 0 Å². The van der Waals surface area contributed by atoms with Crippen LogP contribution in [0.25, 0.3) is 0 Å². The molecule has 0 aromatic heterocycles. The zero-order valence-corrected chi connectivity index (χ0v) is 18.6. The average Bonchev–Trinajstić information content (AvgIpc) is 3.29. The van der Waals surface area contributed by atoms with Gasteiger partial charge in [-0.2, -0.15) is 5.10 Å². The molecule has 0 bridgehead atoms. The first-order valence-electron chi connectivity index (χ1n) is 10.7. The van der Waals surface area contributed by atoms with Gasteiger partial charge in [0.05, 0.1) is 31.1 Å². The number of ether oxygens (including phenoxy) is 1. The summed E-state index contributed by atoms with van der Waals surface area (Å²) in [4.78, 5) is 25.3. The van der Waals surface area contributed by atoms with Gasteiger partial charge in [-0.3, -0.25) is 14.6 Å². The number of anilines is 2. The van der Waals surface area contributed by atoms with Crippen LogP contribution in [0.4, 0.5) is 11.4 Å². The Labute approximate surface area is 193 Å². The van der Waals surface area contributed by atoms with E-state index in [0.717, 1.165) is 16.8 Å². The van der Waals surface area contributed by atoms with E-state index in [-0.39, 0.29) is 24.4 Å². The molecule has 0 spiro atoms. The van der Waals surface area contributed by atoms with Crippen molar-refractivity contribution in [3.8, 4) is 5.75 Å². The summed E-state index contributed by atoms with van der Waals surface area (Å²) >= 11 is 0. The normalized spacial score (nSPS) is 15.0. The zero-order chi connectivity index (χ0) is 23.2. The summed E-state index contributed by atoms with van der Waals surface area (Å²) in [5.41, 5.74) is 3.90. The first kappa shape index (κ1) is 22.1. The van der Waals surface area contributed by atoms with Gasteiger partial charge in [0.2, 0.25) is 5.91 Å². The molecule has 1 heterocycles. The molecule has 1 unspecified atom stereocenters. The average molecular weight is 443 g/mol. The second kappa shape index (κ2) is 9.99. The molecule has 2 amide bonds. The van der Waals surface area contributed by atoms with Crippen LogP contribution in [0.1, 0.15) is 23.6 Å². The first-order chi connectivity index (χ1) is 16.0. The van der Waals surface area contributed by atoms with E-state index < -0.39 is 0 Å². The van der Waals surface area contributed by atoms with Gasteiger partial charge in [0.25, 0.3) is 5.91 Å². The fraction of sp³-hybridized carbons (Fsp3) is 0.192. The zero-order valence-electron chi connectivity index (χ0n) is 18.6. The highest BCUT2D eigenvalue weighted by Gasteiger charge is 2.32. The molecule has 0 radical (unpaired) electrons. The quantitative estimate of drug-likeness (QED) is 0.578. The molecule has 7 nitrogen and oxygen atoms in total. The SMILES string of the molecule is COc1ccc(C)cc1NC(=O)CNC(=O)C1=NN(c2ccccc2)C(c2ccccc2)C1. The molecule has 3 aromatic carbocycles. The standard InChI is InChI=1S/C26H26N4O3/c1-18-13-14-24(33-2)21(15-18)28-25(31)17-27-26(32)22-16-23(19-9-5-3-6-10-19)30(29-22)20-11-7-4-8-12-20/h3-15,23H,16-17H2,1-2H3,(H,27,32)(H,28,31). The van der Waals surface area contributed by atoms with E-state index in [9.17, 15) is 9.59 Å². The van der Waals surface area contributed by atoms with Crippen molar-refractivity contribution in [2.75, 3.05) is 24.0 Å². The van der Waals surface area contributed by atoms with Gasteiger partial charge in [0.1, 0.15) is 11.5 Å². The smallest absolute Gasteiger partial charge is 0.268 e. The van der Waals surface area contributed by atoms with Gasteiger partial charge in [-0.1, -0.05) is 54.6 Å². The van der Waals surface area contributed by atoms with Crippen LogP contribution in [0.5, 0.6) is 5.75 Å². The number of carbonyl (C=O) groups is 2. The highest BCUT2D eigenvalue weighted by atomic mass is 16.5. The van der Waals surface area contributed by atoms with Crippen LogP contribution in [-0.4, -0.2) is 31.2 Å². The second-order valence-electron chi connectivity index (χ2n) is 7.79. The lowest BCUT2D eigenvalue weighted by Crippen LogP contribution is -2.36. The molecule has 0 saturated heterocycles. The lowest BCUT2D eigenvalue weighted by atomic mass is 10.0. The summed E-state index contributed by atoms with van der Waals surface area (Å²) in [5, 5.41) is 11.9. The molecule has 0 fully saturated rings. The molecule has 168 valence electrons. The Morgan fingerprint density at radius 1 is 1.03 bits per heavy atom. The van der Waals surface area contributed by atoms with E-state index in [0.29, 0.717) is 23.6 Å². The molecule has 0 saturated carbocycles. The molecule has 1 aliphatic rings. The molecule has 33 heavy (non-hydrogen) atoms. The largest absolute Gasteiger partial charge is 0.495 e. The third-order valence-electron chi connectivity index (χ3n) is 5.42. The van der Waals surface area contributed by atoms with E-state index in [4.69, 9.17) is 4.74 Å². The van der Waals surface area contributed by atoms with Gasteiger partial charge in [-0.05, 0) is 42.3 Å². The predicted molar refractivity (Wildman–Crippen MR) is 130 cm³/mol. The maximum Gasteiger partial charge on any atom is 0.268 e. The summed E-state index contributed by atoms with van der Waals surface area (Å²) in [5.74, 6) is -0.143. The Hall–Kier alpha value is -4.13. The van der Waals surface area contributed by atoms with E-state index in [1.807, 2.05) is 84.7 Å². The van der Waals surface area contributed by atoms with Gasteiger partial charge >= 0.3 is 0 Å². The third-order valence-corrected chi connectivity index (χ3v) is 5.42.